The Morgan fingerprint density at radius 1 is 1.62 bits per heavy atom. The van der Waals surface area contributed by atoms with Crippen molar-refractivity contribution in [1.82, 2.24) is 5.43 Å². The Morgan fingerprint density at radius 2 is 2.25 bits per heavy atom. The van der Waals surface area contributed by atoms with Crippen LogP contribution in [-0.2, 0) is 4.79 Å². The van der Waals surface area contributed by atoms with Gasteiger partial charge in [0.2, 0.25) is 5.91 Å². The van der Waals surface area contributed by atoms with Crippen molar-refractivity contribution in [3.63, 3.8) is 0 Å². The summed E-state index contributed by atoms with van der Waals surface area (Å²) in [6.07, 6.45) is 1.12. The molecule has 0 fully saturated rings. The third-order valence-corrected chi connectivity index (χ3v) is 0.769. The number of carbonyl (C=O) groups is 1. The first-order chi connectivity index (χ1) is 3.81. The molecular formula is C4H11N3O. The predicted octanol–water partition coefficient (Wildman–Crippen LogP) is -1.28. The molecular weight excluding hydrogens is 106 g/mol. The van der Waals surface area contributed by atoms with Crippen molar-refractivity contribution in [2.75, 3.05) is 6.54 Å². The van der Waals surface area contributed by atoms with Gasteiger partial charge in [-0.25, -0.2) is 5.84 Å². The predicted molar refractivity (Wildman–Crippen MR) is 30.6 cm³/mol. The number of hydrazine groups is 1. The van der Waals surface area contributed by atoms with Gasteiger partial charge in [0.15, 0.2) is 0 Å². The first kappa shape index (κ1) is 7.39. The SMILES string of the molecule is NCCCC(=O)NN. The standard InChI is InChI=1S/C4H11N3O/c5-3-1-2-4(8)7-6/h1-3,5-6H2,(H,7,8). The van der Waals surface area contributed by atoms with Gasteiger partial charge in [0.1, 0.15) is 0 Å². The van der Waals surface area contributed by atoms with E-state index >= 15 is 0 Å². The van der Waals surface area contributed by atoms with Crippen molar-refractivity contribution in [2.45, 2.75) is 12.8 Å². The number of carbonyl (C=O) groups excluding carboxylic acids is 1. The van der Waals surface area contributed by atoms with E-state index in [1.54, 1.807) is 0 Å². The van der Waals surface area contributed by atoms with Crippen LogP contribution in [-0.4, -0.2) is 12.5 Å². The van der Waals surface area contributed by atoms with E-state index in [2.05, 4.69) is 0 Å². The number of nitrogens with one attached hydrogen (secondary N) is 1. The van der Waals surface area contributed by atoms with Crippen LogP contribution in [0.15, 0.2) is 0 Å². The summed E-state index contributed by atoms with van der Waals surface area (Å²) < 4.78 is 0. The van der Waals surface area contributed by atoms with E-state index in [-0.39, 0.29) is 5.91 Å². The number of nitrogens with two attached hydrogens (primary N) is 2. The molecule has 0 aromatic carbocycles. The first-order valence-electron chi connectivity index (χ1n) is 2.50. The molecule has 0 rings (SSSR count). The summed E-state index contributed by atoms with van der Waals surface area (Å²) in [5, 5.41) is 0. The van der Waals surface area contributed by atoms with Gasteiger partial charge in [0.25, 0.3) is 0 Å². The minimum Gasteiger partial charge on any atom is -0.330 e. The average molecular weight is 117 g/mol. The number of hydrogen-bond donors (Lipinski definition) is 3. The molecule has 0 aliphatic carbocycles. The fraction of sp³-hybridized carbons (Fsp3) is 0.750. The molecule has 8 heavy (non-hydrogen) atoms. The van der Waals surface area contributed by atoms with Gasteiger partial charge in [0.05, 0.1) is 0 Å². The van der Waals surface area contributed by atoms with E-state index in [0.29, 0.717) is 19.4 Å². The second kappa shape index (κ2) is 4.55. The molecule has 0 aliphatic heterocycles. The molecule has 0 saturated heterocycles. The Morgan fingerprint density at radius 3 is 2.62 bits per heavy atom. The van der Waals surface area contributed by atoms with E-state index in [9.17, 15) is 4.79 Å². The van der Waals surface area contributed by atoms with Crippen LogP contribution in [0.3, 0.4) is 0 Å². The molecule has 0 aromatic rings. The Balaban J connectivity index is 2.99. The van der Waals surface area contributed by atoms with Crippen molar-refractivity contribution < 1.29 is 4.79 Å². The van der Waals surface area contributed by atoms with Crippen molar-refractivity contribution >= 4 is 5.91 Å². The van der Waals surface area contributed by atoms with Crippen molar-refractivity contribution in [2.24, 2.45) is 11.6 Å². The summed E-state index contributed by atoms with van der Waals surface area (Å²) in [6.45, 7) is 0.535. The second-order valence-electron chi connectivity index (χ2n) is 1.46. The maximum absolute atomic E-state index is 10.3. The zero-order valence-electron chi connectivity index (χ0n) is 4.68. The fourth-order valence-corrected chi connectivity index (χ4v) is 0.335. The molecule has 1 amide bonds. The average Bonchev–Trinajstić information content (AvgIpc) is 1.83. The molecule has 0 aliphatic rings. The zero-order chi connectivity index (χ0) is 6.41. The summed E-state index contributed by atoms with van der Waals surface area (Å²) in [7, 11) is 0. The summed E-state index contributed by atoms with van der Waals surface area (Å²) in [6, 6.07) is 0. The van der Waals surface area contributed by atoms with E-state index in [1.165, 1.54) is 0 Å². The molecule has 0 saturated carbocycles. The number of hydrogen-bond acceptors (Lipinski definition) is 3. The molecule has 0 atom stereocenters. The Bertz CT molecular complexity index is 73.7. The van der Waals surface area contributed by atoms with Gasteiger partial charge in [-0.2, -0.15) is 0 Å². The van der Waals surface area contributed by atoms with Gasteiger partial charge < -0.3 is 5.73 Å². The molecule has 0 bridgehead atoms. The van der Waals surface area contributed by atoms with Gasteiger partial charge in [-0.3, -0.25) is 10.2 Å². The van der Waals surface area contributed by atoms with Gasteiger partial charge >= 0.3 is 0 Å². The highest BCUT2D eigenvalue weighted by atomic mass is 16.2. The quantitative estimate of drug-likeness (QED) is 0.244. The third kappa shape index (κ3) is 3.58. The lowest BCUT2D eigenvalue weighted by Gasteiger charge is -1.94. The molecule has 4 nitrogen and oxygen atoms in total. The minimum absolute atomic E-state index is 0.157. The molecule has 0 aromatic heterocycles. The van der Waals surface area contributed by atoms with Crippen LogP contribution in [0.25, 0.3) is 0 Å². The van der Waals surface area contributed by atoms with E-state index in [1.807, 2.05) is 5.43 Å². The molecule has 0 heterocycles. The van der Waals surface area contributed by atoms with Crippen LogP contribution in [0.5, 0.6) is 0 Å². The lowest BCUT2D eigenvalue weighted by molar-refractivity contribution is -0.121. The smallest absolute Gasteiger partial charge is 0.233 e. The van der Waals surface area contributed by atoms with Gasteiger partial charge in [-0.1, -0.05) is 0 Å². The van der Waals surface area contributed by atoms with Crippen LogP contribution in [0.2, 0.25) is 0 Å². The lowest BCUT2D eigenvalue weighted by atomic mass is 10.3. The molecule has 5 N–H and O–H groups in total. The van der Waals surface area contributed by atoms with Crippen LogP contribution >= 0.6 is 0 Å². The zero-order valence-corrected chi connectivity index (χ0v) is 4.68. The highest BCUT2D eigenvalue weighted by molar-refractivity contribution is 5.75. The van der Waals surface area contributed by atoms with E-state index < -0.39 is 0 Å². The molecule has 0 spiro atoms. The minimum atomic E-state index is -0.157. The second-order valence-corrected chi connectivity index (χ2v) is 1.46. The van der Waals surface area contributed by atoms with Crippen molar-refractivity contribution in [1.29, 1.82) is 0 Å². The molecule has 0 radical (unpaired) electrons. The van der Waals surface area contributed by atoms with E-state index in [0.717, 1.165) is 0 Å². The monoisotopic (exact) mass is 117 g/mol. The molecule has 0 unspecified atom stereocenters. The van der Waals surface area contributed by atoms with E-state index in [4.69, 9.17) is 11.6 Å². The Hall–Kier alpha value is -0.610. The first-order valence-corrected chi connectivity index (χ1v) is 2.50. The molecule has 48 valence electrons. The van der Waals surface area contributed by atoms with Crippen LogP contribution in [0, 0.1) is 0 Å². The summed E-state index contributed by atoms with van der Waals surface area (Å²) in [5.41, 5.74) is 7.12. The van der Waals surface area contributed by atoms with Gasteiger partial charge in [0, 0.05) is 6.42 Å². The Labute approximate surface area is 48.2 Å². The third-order valence-electron chi connectivity index (χ3n) is 0.769. The highest BCUT2D eigenvalue weighted by Crippen LogP contribution is 1.81. The Kier molecular flexibility index (Phi) is 4.20. The summed E-state index contributed by atoms with van der Waals surface area (Å²) >= 11 is 0. The van der Waals surface area contributed by atoms with Crippen LogP contribution in [0.4, 0.5) is 0 Å². The maximum atomic E-state index is 10.3. The fourth-order valence-electron chi connectivity index (χ4n) is 0.335. The normalized spacial score (nSPS) is 8.75. The van der Waals surface area contributed by atoms with Gasteiger partial charge in [-0.05, 0) is 13.0 Å². The number of rotatable bonds is 3. The van der Waals surface area contributed by atoms with Crippen LogP contribution in [0.1, 0.15) is 12.8 Å². The highest BCUT2D eigenvalue weighted by Gasteiger charge is 1.93. The summed E-state index contributed by atoms with van der Waals surface area (Å²) in [5.74, 6) is 4.62. The van der Waals surface area contributed by atoms with Gasteiger partial charge in [-0.15, -0.1) is 0 Å². The lowest BCUT2D eigenvalue weighted by Crippen LogP contribution is -2.30. The maximum Gasteiger partial charge on any atom is 0.233 e. The topological polar surface area (TPSA) is 81.1 Å². The molecule has 4 heteroatoms. The van der Waals surface area contributed by atoms with Crippen molar-refractivity contribution in [3.8, 4) is 0 Å². The van der Waals surface area contributed by atoms with Crippen LogP contribution < -0.4 is 17.0 Å². The number of amides is 1. The van der Waals surface area contributed by atoms with Crippen molar-refractivity contribution in [3.05, 3.63) is 0 Å². The largest absolute Gasteiger partial charge is 0.330 e. The summed E-state index contributed by atoms with van der Waals surface area (Å²) in [4.78, 5) is 10.3.